The standard InChI is InChI=1S/C20H22N2O2S/c1-4-23-17-7-5-6-15-16-12-20(3,24-18(15)17)22(19(25)21-16)14-10-8-13(2)9-11-14/h5-11,16H,4,12H2,1-3H3,(H,21,25)/t16-,20+/m0/s1. The van der Waals surface area contributed by atoms with Gasteiger partial charge in [-0.05, 0) is 51.2 Å². The molecule has 2 heterocycles. The summed E-state index contributed by atoms with van der Waals surface area (Å²) in [5.41, 5.74) is 2.80. The van der Waals surface area contributed by atoms with E-state index in [-0.39, 0.29) is 6.04 Å². The normalized spacial score (nSPS) is 24.2. The molecule has 2 aliphatic heterocycles. The minimum atomic E-state index is -0.553. The molecule has 130 valence electrons. The van der Waals surface area contributed by atoms with E-state index in [0.717, 1.165) is 29.2 Å². The van der Waals surface area contributed by atoms with Crippen molar-refractivity contribution in [1.82, 2.24) is 5.32 Å². The Hall–Kier alpha value is -2.27. The summed E-state index contributed by atoms with van der Waals surface area (Å²) < 4.78 is 12.3. The molecule has 0 unspecified atom stereocenters. The summed E-state index contributed by atoms with van der Waals surface area (Å²) in [7, 11) is 0. The average molecular weight is 354 g/mol. The fraction of sp³-hybridized carbons (Fsp3) is 0.350. The van der Waals surface area contributed by atoms with Crippen LogP contribution in [0.15, 0.2) is 42.5 Å². The van der Waals surface area contributed by atoms with Crippen LogP contribution in [0.2, 0.25) is 0 Å². The quantitative estimate of drug-likeness (QED) is 0.830. The van der Waals surface area contributed by atoms with Gasteiger partial charge < -0.3 is 14.8 Å². The number of hydrogen-bond acceptors (Lipinski definition) is 3. The summed E-state index contributed by atoms with van der Waals surface area (Å²) in [6.45, 7) is 6.76. The van der Waals surface area contributed by atoms with Gasteiger partial charge in [0.15, 0.2) is 22.3 Å². The van der Waals surface area contributed by atoms with Crippen LogP contribution in [0.3, 0.4) is 0 Å². The molecule has 1 saturated heterocycles. The van der Waals surface area contributed by atoms with E-state index < -0.39 is 5.72 Å². The summed E-state index contributed by atoms with van der Waals surface area (Å²) in [5.74, 6) is 1.60. The first-order valence-electron chi connectivity index (χ1n) is 8.64. The van der Waals surface area contributed by atoms with Crippen LogP contribution in [0, 0.1) is 6.92 Å². The number of aryl methyl sites for hydroxylation is 1. The van der Waals surface area contributed by atoms with E-state index in [1.54, 1.807) is 0 Å². The zero-order valence-corrected chi connectivity index (χ0v) is 15.5. The van der Waals surface area contributed by atoms with Crippen LogP contribution in [-0.2, 0) is 0 Å². The lowest BCUT2D eigenvalue weighted by Crippen LogP contribution is -2.65. The number of hydrogen-bond donors (Lipinski definition) is 1. The highest BCUT2D eigenvalue weighted by atomic mass is 32.1. The van der Waals surface area contributed by atoms with Crippen LogP contribution in [0.5, 0.6) is 11.5 Å². The Bertz CT molecular complexity index is 821. The number of para-hydroxylation sites is 1. The number of nitrogens with zero attached hydrogens (tertiary/aromatic N) is 1. The zero-order chi connectivity index (χ0) is 17.6. The number of ether oxygens (including phenoxy) is 2. The predicted octanol–water partition coefficient (Wildman–Crippen LogP) is 4.33. The second kappa shape index (κ2) is 5.92. The molecule has 2 bridgehead atoms. The number of thiocarbonyl (C=S) groups is 1. The van der Waals surface area contributed by atoms with Crippen molar-refractivity contribution in [2.45, 2.75) is 39.0 Å². The molecule has 5 heteroatoms. The van der Waals surface area contributed by atoms with Crippen molar-refractivity contribution in [2.24, 2.45) is 0 Å². The van der Waals surface area contributed by atoms with Crippen LogP contribution >= 0.6 is 12.2 Å². The molecule has 4 nitrogen and oxygen atoms in total. The van der Waals surface area contributed by atoms with E-state index >= 15 is 0 Å². The van der Waals surface area contributed by atoms with Crippen molar-refractivity contribution in [2.75, 3.05) is 11.5 Å². The Kier molecular flexibility index (Phi) is 3.84. The number of nitrogens with one attached hydrogen (secondary N) is 1. The van der Waals surface area contributed by atoms with Gasteiger partial charge in [0.25, 0.3) is 0 Å². The maximum Gasteiger partial charge on any atom is 0.188 e. The second-order valence-corrected chi connectivity index (χ2v) is 7.15. The van der Waals surface area contributed by atoms with Gasteiger partial charge in [0.1, 0.15) is 0 Å². The van der Waals surface area contributed by atoms with Crippen LogP contribution < -0.4 is 19.7 Å². The van der Waals surface area contributed by atoms with Crippen molar-refractivity contribution in [3.63, 3.8) is 0 Å². The van der Waals surface area contributed by atoms with E-state index in [4.69, 9.17) is 21.7 Å². The number of fused-ring (bicyclic) bond motifs is 4. The molecule has 0 amide bonds. The fourth-order valence-electron chi connectivity index (χ4n) is 3.71. The van der Waals surface area contributed by atoms with Gasteiger partial charge in [0.05, 0.1) is 12.6 Å². The van der Waals surface area contributed by atoms with Gasteiger partial charge in [-0.15, -0.1) is 0 Å². The van der Waals surface area contributed by atoms with Gasteiger partial charge in [-0.1, -0.05) is 29.8 Å². The molecular formula is C20H22N2O2S. The Balaban J connectivity index is 1.79. The van der Waals surface area contributed by atoms with E-state index in [9.17, 15) is 0 Å². The SMILES string of the molecule is CCOc1cccc2c1O[C@]1(C)C[C@@H]2NC(=S)N1c1ccc(C)cc1. The van der Waals surface area contributed by atoms with Crippen molar-refractivity contribution in [3.8, 4) is 11.5 Å². The summed E-state index contributed by atoms with van der Waals surface area (Å²) >= 11 is 5.68. The minimum Gasteiger partial charge on any atom is -0.490 e. The molecule has 2 aromatic rings. The first-order chi connectivity index (χ1) is 12.0. The van der Waals surface area contributed by atoms with Gasteiger partial charge in [-0.25, -0.2) is 0 Å². The maximum absolute atomic E-state index is 6.52. The monoisotopic (exact) mass is 354 g/mol. The molecular weight excluding hydrogens is 332 g/mol. The van der Waals surface area contributed by atoms with Crippen molar-refractivity contribution in [1.29, 1.82) is 0 Å². The van der Waals surface area contributed by atoms with E-state index in [2.05, 4.69) is 54.4 Å². The molecule has 2 aliphatic rings. The predicted molar refractivity (Wildman–Crippen MR) is 103 cm³/mol. The zero-order valence-electron chi connectivity index (χ0n) is 14.7. The number of rotatable bonds is 3. The van der Waals surface area contributed by atoms with Crippen LogP contribution in [0.4, 0.5) is 5.69 Å². The highest BCUT2D eigenvalue weighted by Crippen LogP contribution is 2.49. The van der Waals surface area contributed by atoms with Crippen molar-refractivity contribution < 1.29 is 9.47 Å². The largest absolute Gasteiger partial charge is 0.490 e. The summed E-state index contributed by atoms with van der Waals surface area (Å²) in [4.78, 5) is 2.07. The van der Waals surface area contributed by atoms with Crippen molar-refractivity contribution in [3.05, 3.63) is 53.6 Å². The molecule has 0 aromatic heterocycles. The molecule has 2 aromatic carbocycles. The number of anilines is 1. The first kappa shape index (κ1) is 16.2. The Morgan fingerprint density at radius 1 is 1.28 bits per heavy atom. The Morgan fingerprint density at radius 3 is 2.76 bits per heavy atom. The lowest BCUT2D eigenvalue weighted by molar-refractivity contribution is 0.0457. The van der Waals surface area contributed by atoms with E-state index in [1.165, 1.54) is 5.56 Å². The molecule has 0 aliphatic carbocycles. The molecule has 0 radical (unpaired) electrons. The van der Waals surface area contributed by atoms with Gasteiger partial charge in [0, 0.05) is 17.7 Å². The Morgan fingerprint density at radius 2 is 2.04 bits per heavy atom. The van der Waals surface area contributed by atoms with E-state index in [0.29, 0.717) is 11.7 Å². The molecule has 2 atom stereocenters. The fourth-order valence-corrected chi connectivity index (χ4v) is 4.15. The Labute approximate surface area is 153 Å². The molecule has 1 fully saturated rings. The van der Waals surface area contributed by atoms with Crippen LogP contribution in [-0.4, -0.2) is 17.4 Å². The highest BCUT2D eigenvalue weighted by Gasteiger charge is 2.49. The second-order valence-electron chi connectivity index (χ2n) is 6.76. The first-order valence-corrected chi connectivity index (χ1v) is 9.05. The van der Waals surface area contributed by atoms with E-state index in [1.807, 2.05) is 19.1 Å². The molecule has 4 rings (SSSR count). The molecule has 0 saturated carbocycles. The number of benzene rings is 2. The average Bonchev–Trinajstić information content (AvgIpc) is 2.57. The topological polar surface area (TPSA) is 33.7 Å². The van der Waals surface area contributed by atoms with Crippen molar-refractivity contribution >= 4 is 23.0 Å². The van der Waals surface area contributed by atoms with Crippen LogP contribution in [0.1, 0.15) is 37.4 Å². The minimum absolute atomic E-state index is 0.128. The third kappa shape index (κ3) is 2.63. The van der Waals surface area contributed by atoms with Crippen LogP contribution in [0.25, 0.3) is 0 Å². The van der Waals surface area contributed by atoms with Gasteiger partial charge in [0.2, 0.25) is 0 Å². The summed E-state index contributed by atoms with van der Waals surface area (Å²) in [6, 6.07) is 14.5. The summed E-state index contributed by atoms with van der Waals surface area (Å²) in [5, 5.41) is 4.17. The van der Waals surface area contributed by atoms with Gasteiger partial charge >= 0.3 is 0 Å². The lowest BCUT2D eigenvalue weighted by Gasteiger charge is -2.52. The molecule has 25 heavy (non-hydrogen) atoms. The lowest BCUT2D eigenvalue weighted by atomic mass is 9.90. The third-order valence-electron chi connectivity index (χ3n) is 4.86. The third-order valence-corrected chi connectivity index (χ3v) is 5.16. The maximum atomic E-state index is 6.52. The van der Waals surface area contributed by atoms with Gasteiger partial charge in [-0.3, -0.25) is 4.90 Å². The smallest absolute Gasteiger partial charge is 0.188 e. The summed E-state index contributed by atoms with van der Waals surface area (Å²) in [6.07, 6.45) is 0.809. The molecule has 0 spiro atoms. The highest BCUT2D eigenvalue weighted by molar-refractivity contribution is 7.80. The molecule has 1 N–H and O–H groups in total. The van der Waals surface area contributed by atoms with Gasteiger partial charge in [-0.2, -0.15) is 0 Å².